The van der Waals surface area contributed by atoms with E-state index in [0.717, 1.165) is 35.2 Å². The van der Waals surface area contributed by atoms with Crippen molar-refractivity contribution in [2.45, 2.75) is 44.5 Å². The lowest BCUT2D eigenvalue weighted by Crippen LogP contribution is -2.35. The van der Waals surface area contributed by atoms with Crippen LogP contribution in [-0.4, -0.2) is 44.0 Å². The normalized spacial score (nSPS) is 16.9. The van der Waals surface area contributed by atoms with Crippen molar-refractivity contribution in [3.63, 3.8) is 0 Å². The van der Waals surface area contributed by atoms with Crippen molar-refractivity contribution in [2.75, 3.05) is 10.7 Å². The molecule has 44 heavy (non-hydrogen) atoms. The van der Waals surface area contributed by atoms with Crippen molar-refractivity contribution in [1.29, 1.82) is 0 Å². The molecule has 0 bridgehead atoms. The molecule has 9 nitrogen and oxygen atoms in total. The number of ether oxygens (including phenoxy) is 1. The van der Waals surface area contributed by atoms with Gasteiger partial charge in [0.15, 0.2) is 11.0 Å². The number of amidine groups is 1. The SMILES string of the molecule is CC(C)c1ccccc1N1C(=O)CS/C1=N\C(=O)NC1(c2ccc(-c3ncn(-c4ccc(OC(F)(F)F)cc4)n3)cc2)CC1. The molecular weight excluding hydrogens is 593 g/mol. The second kappa shape index (κ2) is 11.5. The van der Waals surface area contributed by atoms with Gasteiger partial charge in [0.05, 0.1) is 22.7 Å². The molecule has 13 heteroatoms. The molecule has 2 fully saturated rings. The summed E-state index contributed by atoms with van der Waals surface area (Å²) in [7, 11) is 0. The first-order valence-corrected chi connectivity index (χ1v) is 14.8. The van der Waals surface area contributed by atoms with Gasteiger partial charge in [0.1, 0.15) is 12.1 Å². The van der Waals surface area contributed by atoms with Gasteiger partial charge in [0.2, 0.25) is 5.91 Å². The van der Waals surface area contributed by atoms with Crippen LogP contribution in [-0.2, 0) is 10.3 Å². The predicted octanol–water partition coefficient (Wildman–Crippen LogP) is 6.79. The van der Waals surface area contributed by atoms with E-state index < -0.39 is 17.9 Å². The van der Waals surface area contributed by atoms with Crippen LogP contribution in [0.25, 0.3) is 17.1 Å². The highest BCUT2D eigenvalue weighted by molar-refractivity contribution is 8.15. The smallest absolute Gasteiger partial charge is 0.406 e. The zero-order valence-electron chi connectivity index (χ0n) is 23.7. The maximum atomic E-state index is 13.1. The number of alkyl halides is 3. The number of hydrogen-bond donors (Lipinski definition) is 1. The quantitative estimate of drug-likeness (QED) is 0.244. The minimum absolute atomic E-state index is 0.116. The molecule has 1 aliphatic heterocycles. The average molecular weight is 621 g/mol. The number of benzene rings is 3. The van der Waals surface area contributed by atoms with Gasteiger partial charge < -0.3 is 10.1 Å². The molecule has 2 heterocycles. The number of halogens is 3. The molecule has 4 aromatic rings. The number of aliphatic imine (C=N–C) groups is 1. The lowest BCUT2D eigenvalue weighted by atomic mass is 10.0. The molecule has 1 aromatic heterocycles. The molecule has 0 spiro atoms. The summed E-state index contributed by atoms with van der Waals surface area (Å²) in [6.45, 7) is 4.11. The zero-order chi connectivity index (χ0) is 31.1. The summed E-state index contributed by atoms with van der Waals surface area (Å²) in [6.07, 6.45) is -1.80. The molecule has 1 aliphatic carbocycles. The molecule has 6 rings (SSSR count). The van der Waals surface area contributed by atoms with Gasteiger partial charge in [0, 0.05) is 5.56 Å². The van der Waals surface area contributed by atoms with Crippen LogP contribution < -0.4 is 15.0 Å². The molecule has 1 saturated carbocycles. The molecule has 2 aliphatic rings. The van der Waals surface area contributed by atoms with Gasteiger partial charge in [-0.15, -0.1) is 18.3 Å². The number of thioether (sulfide) groups is 1. The Morgan fingerprint density at radius 3 is 2.41 bits per heavy atom. The number of carbonyl (C=O) groups excluding carboxylic acids is 2. The highest BCUT2D eigenvalue weighted by Gasteiger charge is 2.46. The van der Waals surface area contributed by atoms with Crippen LogP contribution in [0.3, 0.4) is 0 Å². The Balaban J connectivity index is 1.14. The number of amides is 3. The Morgan fingerprint density at radius 1 is 1.05 bits per heavy atom. The lowest BCUT2D eigenvalue weighted by Gasteiger charge is -2.22. The number of para-hydroxylation sites is 1. The van der Waals surface area contributed by atoms with Gasteiger partial charge in [-0.2, -0.15) is 4.99 Å². The Kier molecular flexibility index (Phi) is 7.66. The van der Waals surface area contributed by atoms with E-state index in [9.17, 15) is 22.8 Å². The van der Waals surface area contributed by atoms with Crippen LogP contribution in [0.15, 0.2) is 84.1 Å². The number of nitrogens with one attached hydrogen (secondary N) is 1. The minimum Gasteiger partial charge on any atom is -0.406 e. The monoisotopic (exact) mass is 620 g/mol. The van der Waals surface area contributed by atoms with Crippen LogP contribution >= 0.6 is 11.8 Å². The van der Waals surface area contributed by atoms with Gasteiger partial charge in [-0.3, -0.25) is 9.69 Å². The first-order valence-electron chi connectivity index (χ1n) is 13.9. The molecule has 0 radical (unpaired) electrons. The van der Waals surface area contributed by atoms with Crippen molar-refractivity contribution < 1.29 is 27.5 Å². The van der Waals surface area contributed by atoms with Crippen LogP contribution in [0.4, 0.5) is 23.7 Å². The fourth-order valence-corrected chi connectivity index (χ4v) is 5.91. The van der Waals surface area contributed by atoms with Gasteiger partial charge >= 0.3 is 12.4 Å². The Morgan fingerprint density at radius 2 is 1.75 bits per heavy atom. The molecule has 0 atom stereocenters. The van der Waals surface area contributed by atoms with E-state index in [0.29, 0.717) is 16.7 Å². The highest BCUT2D eigenvalue weighted by Crippen LogP contribution is 2.46. The summed E-state index contributed by atoms with van der Waals surface area (Å²) in [4.78, 5) is 36.1. The van der Waals surface area contributed by atoms with Gasteiger partial charge in [0.25, 0.3) is 0 Å². The topological polar surface area (TPSA) is 102 Å². The van der Waals surface area contributed by atoms with Crippen LogP contribution in [0.2, 0.25) is 0 Å². The average Bonchev–Trinajstić information content (AvgIpc) is 3.42. The van der Waals surface area contributed by atoms with E-state index in [4.69, 9.17) is 0 Å². The number of nitrogens with zero attached hydrogens (tertiary/aromatic N) is 5. The van der Waals surface area contributed by atoms with Crippen LogP contribution in [0.5, 0.6) is 5.75 Å². The second-order valence-corrected chi connectivity index (χ2v) is 11.7. The van der Waals surface area contributed by atoms with Crippen molar-refractivity contribution in [2.24, 2.45) is 4.99 Å². The molecule has 3 aromatic carbocycles. The summed E-state index contributed by atoms with van der Waals surface area (Å²) in [5.41, 5.74) is 3.34. The van der Waals surface area contributed by atoms with E-state index in [2.05, 4.69) is 39.0 Å². The summed E-state index contributed by atoms with van der Waals surface area (Å²) in [6, 6.07) is 20.0. The number of anilines is 1. The molecule has 1 N–H and O–H groups in total. The second-order valence-electron chi connectivity index (χ2n) is 10.8. The molecule has 226 valence electrons. The Hall–Kier alpha value is -4.65. The van der Waals surface area contributed by atoms with Gasteiger partial charge in [-0.1, -0.05) is 68.1 Å². The standard InChI is InChI=1S/C31H27F3N6O3S/c1-19(2)24-5-3-4-6-25(24)40-26(41)17-44-29(40)36-28(42)37-30(15-16-30)21-9-7-20(8-10-21)27-35-18-39(38-27)22-11-13-23(14-12-22)43-31(32,33)34/h3-14,18-19H,15-17H2,1-2H3,(H,37,42)/b36-29-. The summed E-state index contributed by atoms with van der Waals surface area (Å²) < 4.78 is 42.7. The molecule has 3 amide bonds. The van der Waals surface area contributed by atoms with Crippen LogP contribution in [0.1, 0.15) is 43.7 Å². The minimum atomic E-state index is -4.76. The molecule has 0 unspecified atom stereocenters. The summed E-state index contributed by atoms with van der Waals surface area (Å²) >= 11 is 1.25. The number of rotatable bonds is 7. The van der Waals surface area contributed by atoms with E-state index in [1.54, 1.807) is 0 Å². The van der Waals surface area contributed by atoms with E-state index in [-0.39, 0.29) is 23.3 Å². The number of carbonyl (C=O) groups is 2. The largest absolute Gasteiger partial charge is 0.573 e. The maximum absolute atomic E-state index is 13.1. The number of urea groups is 1. The zero-order valence-corrected chi connectivity index (χ0v) is 24.5. The first-order chi connectivity index (χ1) is 21.0. The Labute approximate surface area is 255 Å². The third-order valence-corrected chi connectivity index (χ3v) is 8.30. The van der Waals surface area contributed by atoms with Crippen molar-refractivity contribution in [3.8, 4) is 22.8 Å². The van der Waals surface area contributed by atoms with Gasteiger partial charge in [-0.05, 0) is 60.2 Å². The van der Waals surface area contributed by atoms with Gasteiger partial charge in [-0.25, -0.2) is 14.5 Å². The highest BCUT2D eigenvalue weighted by atomic mass is 32.2. The molecule has 1 saturated heterocycles. The van der Waals surface area contributed by atoms with Crippen LogP contribution in [0, 0.1) is 0 Å². The Bertz CT molecular complexity index is 1730. The van der Waals surface area contributed by atoms with Crippen molar-refractivity contribution in [1.82, 2.24) is 20.1 Å². The lowest BCUT2D eigenvalue weighted by molar-refractivity contribution is -0.274. The van der Waals surface area contributed by atoms with Crippen molar-refractivity contribution >= 4 is 34.6 Å². The predicted molar refractivity (Wildman–Crippen MR) is 161 cm³/mol. The summed E-state index contributed by atoms with van der Waals surface area (Å²) in [5.74, 6) is 0.392. The van der Waals surface area contributed by atoms with Crippen molar-refractivity contribution in [3.05, 3.63) is 90.3 Å². The van der Waals surface area contributed by atoms with E-state index in [1.807, 2.05) is 48.5 Å². The third-order valence-electron chi connectivity index (χ3n) is 7.38. The first kappa shape index (κ1) is 29.4. The van der Waals surface area contributed by atoms with E-state index in [1.165, 1.54) is 51.9 Å². The molecular formula is C31H27F3N6O3S. The fraction of sp³-hybridized carbons (Fsp3) is 0.258. The number of aromatic nitrogens is 3. The summed E-state index contributed by atoms with van der Waals surface area (Å²) in [5, 5.41) is 7.85. The fourth-order valence-electron chi connectivity index (χ4n) is 5.05. The maximum Gasteiger partial charge on any atom is 0.573 e. The third kappa shape index (κ3) is 6.18. The van der Waals surface area contributed by atoms with E-state index >= 15 is 0 Å². The number of hydrogen-bond acceptors (Lipinski definition) is 6.